The monoisotopic (exact) mass is 542 g/mol. The van der Waals surface area contributed by atoms with Gasteiger partial charge < -0.3 is 21.3 Å². The van der Waals surface area contributed by atoms with Gasteiger partial charge in [-0.2, -0.15) is 16.8 Å². The summed E-state index contributed by atoms with van der Waals surface area (Å²) in [6.07, 6.45) is -0.0621. The van der Waals surface area contributed by atoms with Crippen LogP contribution in [0.3, 0.4) is 0 Å². The van der Waals surface area contributed by atoms with Crippen molar-refractivity contribution in [3.05, 3.63) is 47.5 Å². The van der Waals surface area contributed by atoms with Crippen molar-refractivity contribution < 1.29 is 35.5 Å². The van der Waals surface area contributed by atoms with Gasteiger partial charge in [0.05, 0.1) is 9.79 Å². The van der Waals surface area contributed by atoms with E-state index in [1.807, 2.05) is 0 Å². The van der Waals surface area contributed by atoms with Crippen molar-refractivity contribution in [3.8, 4) is 0 Å². The second-order valence-corrected chi connectivity index (χ2v) is 11.4. The fourth-order valence-corrected chi connectivity index (χ4v) is 4.84. The molecule has 14 heteroatoms. The average Bonchev–Trinajstić information content (AvgIpc) is 2.70. The molecule has 2 rings (SSSR count). The zero-order chi connectivity index (χ0) is 27.3. The van der Waals surface area contributed by atoms with E-state index >= 15 is 0 Å². The Balaban J connectivity index is 2.32. The van der Waals surface area contributed by atoms with Gasteiger partial charge in [0.2, 0.25) is 0 Å². The Morgan fingerprint density at radius 3 is 1.31 bits per heavy atom. The molecule has 36 heavy (non-hydrogen) atoms. The molecule has 0 atom stereocenters. The minimum Gasteiger partial charge on any atom is -0.336 e. The number of carbonyl (C=O) groups excluding carboxylic acids is 2. The number of nitrogens with one attached hydrogen (secondary N) is 4. The Labute approximate surface area is 210 Å². The van der Waals surface area contributed by atoms with E-state index in [2.05, 4.69) is 21.3 Å². The topological polar surface area (TPSA) is 191 Å². The van der Waals surface area contributed by atoms with E-state index in [1.165, 1.54) is 24.3 Å². The lowest BCUT2D eigenvalue weighted by Gasteiger charge is -2.14. The molecule has 0 fully saturated rings. The van der Waals surface area contributed by atoms with Gasteiger partial charge in [0.25, 0.3) is 20.2 Å². The molecule has 0 aliphatic heterocycles. The first-order chi connectivity index (χ1) is 16.6. The van der Waals surface area contributed by atoms with Crippen molar-refractivity contribution in [1.82, 2.24) is 10.6 Å². The standard InChI is InChI=1S/C22H30N4O8S2/c1-13(2)23-21(27)25-17-9-7-15(19(11-17)35(29,30)31)5-6-16-8-10-18(12-20(16)36(32,33)34)26-22(28)24-14(3)4/h7-14H,5-6H2,1-4H3,(H2,23,25,27)(H2,24,26,28)(H,29,30,31)(H,32,33,34). The summed E-state index contributed by atoms with van der Waals surface area (Å²) in [6, 6.07) is 6.38. The molecule has 0 spiro atoms. The molecule has 0 saturated heterocycles. The highest BCUT2D eigenvalue weighted by Gasteiger charge is 2.20. The lowest BCUT2D eigenvalue weighted by Crippen LogP contribution is -2.34. The van der Waals surface area contributed by atoms with Crippen molar-refractivity contribution in [3.63, 3.8) is 0 Å². The number of benzene rings is 2. The van der Waals surface area contributed by atoms with E-state index in [4.69, 9.17) is 0 Å². The number of anilines is 2. The number of hydrogen-bond acceptors (Lipinski definition) is 6. The van der Waals surface area contributed by atoms with Gasteiger partial charge in [0, 0.05) is 23.5 Å². The second-order valence-electron chi connectivity index (χ2n) is 8.60. The lowest BCUT2D eigenvalue weighted by atomic mass is 10.0. The van der Waals surface area contributed by atoms with Crippen molar-refractivity contribution in [2.45, 2.75) is 62.4 Å². The van der Waals surface area contributed by atoms with E-state index < -0.39 is 42.1 Å². The highest BCUT2D eigenvalue weighted by molar-refractivity contribution is 7.86. The van der Waals surface area contributed by atoms with Crippen LogP contribution >= 0.6 is 0 Å². The molecule has 0 saturated carbocycles. The summed E-state index contributed by atoms with van der Waals surface area (Å²) < 4.78 is 67.3. The Kier molecular flexibility index (Phi) is 9.43. The van der Waals surface area contributed by atoms with Gasteiger partial charge >= 0.3 is 12.1 Å². The molecule has 0 heterocycles. The molecule has 0 aromatic heterocycles. The summed E-state index contributed by atoms with van der Waals surface area (Å²) in [5.41, 5.74) is 0.565. The zero-order valence-corrected chi connectivity index (χ0v) is 21.8. The summed E-state index contributed by atoms with van der Waals surface area (Å²) >= 11 is 0. The molecule has 0 aliphatic carbocycles. The quantitative estimate of drug-likeness (QED) is 0.260. The Bertz CT molecular complexity index is 1240. The van der Waals surface area contributed by atoms with Crippen LogP contribution in [-0.2, 0) is 33.1 Å². The maximum atomic E-state index is 12.0. The molecule has 0 aliphatic rings. The third-order valence-corrected chi connectivity index (χ3v) is 6.58. The van der Waals surface area contributed by atoms with E-state index in [-0.39, 0.29) is 47.4 Å². The maximum absolute atomic E-state index is 12.0. The van der Waals surface area contributed by atoms with Gasteiger partial charge in [-0.1, -0.05) is 12.1 Å². The minimum absolute atomic E-state index is 0.0310. The largest absolute Gasteiger partial charge is 0.336 e. The third kappa shape index (κ3) is 8.78. The number of rotatable bonds is 9. The van der Waals surface area contributed by atoms with Gasteiger partial charge in [-0.3, -0.25) is 9.11 Å². The molecule has 0 radical (unpaired) electrons. The van der Waals surface area contributed by atoms with Crippen LogP contribution in [0.4, 0.5) is 21.0 Å². The van der Waals surface area contributed by atoms with Crippen LogP contribution in [0.5, 0.6) is 0 Å². The van der Waals surface area contributed by atoms with E-state index in [1.54, 1.807) is 27.7 Å². The first-order valence-electron chi connectivity index (χ1n) is 10.9. The molecular formula is C22H30N4O8S2. The third-order valence-electron chi connectivity index (χ3n) is 4.71. The van der Waals surface area contributed by atoms with Crippen molar-refractivity contribution in [2.75, 3.05) is 10.6 Å². The highest BCUT2D eigenvalue weighted by atomic mass is 32.2. The summed E-state index contributed by atoms with van der Waals surface area (Å²) in [7, 11) is -9.36. The molecule has 4 amide bonds. The van der Waals surface area contributed by atoms with E-state index in [0.717, 1.165) is 12.1 Å². The number of urea groups is 2. The molecule has 0 unspecified atom stereocenters. The lowest BCUT2D eigenvalue weighted by molar-refractivity contribution is 0.249. The molecule has 12 nitrogen and oxygen atoms in total. The second kappa shape index (κ2) is 11.7. The van der Waals surface area contributed by atoms with Crippen molar-refractivity contribution in [2.24, 2.45) is 0 Å². The predicted octanol–water partition coefficient (Wildman–Crippen LogP) is 3.03. The molecule has 6 N–H and O–H groups in total. The van der Waals surface area contributed by atoms with Crippen LogP contribution in [0.25, 0.3) is 0 Å². The summed E-state index contributed by atoms with van der Waals surface area (Å²) in [5, 5.41) is 10.1. The molecule has 0 bridgehead atoms. The van der Waals surface area contributed by atoms with Crippen LogP contribution in [0.1, 0.15) is 38.8 Å². The van der Waals surface area contributed by atoms with Crippen molar-refractivity contribution >= 4 is 43.7 Å². The Morgan fingerprint density at radius 1 is 0.694 bits per heavy atom. The predicted molar refractivity (Wildman–Crippen MR) is 135 cm³/mol. The SMILES string of the molecule is CC(C)NC(=O)Nc1ccc(CCc2ccc(NC(=O)NC(C)C)cc2S(=O)(=O)O)c(S(=O)(=O)O)c1. The minimum atomic E-state index is -4.68. The van der Waals surface area contributed by atoms with Crippen molar-refractivity contribution in [1.29, 1.82) is 0 Å². The van der Waals surface area contributed by atoms with Crippen LogP contribution in [0.15, 0.2) is 46.2 Å². The smallest absolute Gasteiger partial charge is 0.319 e. The van der Waals surface area contributed by atoms with Gasteiger partial charge in [0.1, 0.15) is 0 Å². The zero-order valence-electron chi connectivity index (χ0n) is 20.2. The Morgan fingerprint density at radius 2 is 1.03 bits per heavy atom. The molecule has 2 aromatic rings. The number of aryl methyl sites for hydroxylation is 2. The van der Waals surface area contributed by atoms with Gasteiger partial charge in [-0.15, -0.1) is 0 Å². The van der Waals surface area contributed by atoms with Crippen LogP contribution in [0.2, 0.25) is 0 Å². The van der Waals surface area contributed by atoms with Crippen LogP contribution in [0, 0.1) is 0 Å². The average molecular weight is 543 g/mol. The van der Waals surface area contributed by atoms with E-state index in [0.29, 0.717) is 0 Å². The van der Waals surface area contributed by atoms with Gasteiger partial charge in [0.15, 0.2) is 0 Å². The van der Waals surface area contributed by atoms with E-state index in [9.17, 15) is 35.5 Å². The molecule has 2 aromatic carbocycles. The summed E-state index contributed by atoms with van der Waals surface area (Å²) in [6.45, 7) is 6.98. The maximum Gasteiger partial charge on any atom is 0.319 e. The first kappa shape index (κ1) is 29.0. The van der Waals surface area contributed by atoms with Gasteiger partial charge in [-0.25, -0.2) is 9.59 Å². The Hall–Kier alpha value is -3.20. The number of carbonyl (C=O) groups is 2. The highest BCUT2D eigenvalue weighted by Crippen LogP contribution is 2.26. The fourth-order valence-electron chi connectivity index (χ4n) is 3.29. The normalized spacial score (nSPS) is 11.9. The summed E-state index contributed by atoms with van der Waals surface area (Å²) in [4.78, 5) is 22.9. The van der Waals surface area contributed by atoms with Crippen LogP contribution < -0.4 is 21.3 Å². The first-order valence-corrected chi connectivity index (χ1v) is 13.8. The fraction of sp³-hybridized carbons (Fsp3) is 0.364. The number of hydrogen-bond donors (Lipinski definition) is 6. The summed E-state index contributed by atoms with van der Waals surface area (Å²) in [5.74, 6) is 0. The van der Waals surface area contributed by atoms with Gasteiger partial charge in [-0.05, 0) is 75.9 Å². The number of amides is 4. The molecule has 198 valence electrons. The molecular weight excluding hydrogens is 512 g/mol. The van der Waals surface area contributed by atoms with Crippen LogP contribution in [-0.4, -0.2) is 50.1 Å².